The van der Waals surface area contributed by atoms with Crippen molar-refractivity contribution in [3.05, 3.63) is 59.1 Å². The Balaban J connectivity index is 1.92. The van der Waals surface area contributed by atoms with E-state index in [2.05, 4.69) is 10.3 Å². The predicted octanol–water partition coefficient (Wildman–Crippen LogP) is 3.24. The minimum absolute atomic E-state index is 0.401. The van der Waals surface area contributed by atoms with Crippen LogP contribution in [-0.2, 0) is 4.79 Å². The van der Waals surface area contributed by atoms with E-state index in [0.29, 0.717) is 0 Å². The van der Waals surface area contributed by atoms with Crippen LogP contribution in [-0.4, -0.2) is 10.9 Å². The number of nitrogens with zero attached hydrogens (tertiary/aromatic N) is 1. The molecule has 3 rings (SSSR count). The molecule has 4 nitrogen and oxygen atoms in total. The van der Waals surface area contributed by atoms with Gasteiger partial charge < -0.3 is 11.1 Å². The van der Waals surface area contributed by atoms with Crippen molar-refractivity contribution in [1.82, 2.24) is 4.98 Å². The molecule has 3 N–H and O–H groups in total. The number of nitrogens with one attached hydrogen (secondary N) is 1. The minimum Gasteiger partial charge on any atom is -0.370 e. The molecule has 0 aliphatic carbocycles. The number of amides is 1. The molecule has 21 heavy (non-hydrogen) atoms. The van der Waals surface area contributed by atoms with Crippen molar-refractivity contribution >= 4 is 33.1 Å². The number of rotatable bonds is 4. The number of thiazole rings is 1. The average Bonchev–Trinajstić information content (AvgIpc) is 2.84. The zero-order valence-corrected chi connectivity index (χ0v) is 12.4. The summed E-state index contributed by atoms with van der Waals surface area (Å²) in [7, 11) is 0. The van der Waals surface area contributed by atoms with Crippen LogP contribution < -0.4 is 11.1 Å². The van der Waals surface area contributed by atoms with E-state index in [1.807, 2.05) is 55.5 Å². The van der Waals surface area contributed by atoms with Crippen molar-refractivity contribution in [3.8, 4) is 0 Å². The molecule has 1 aromatic heterocycles. The maximum Gasteiger partial charge on any atom is 0.244 e. The van der Waals surface area contributed by atoms with E-state index in [1.54, 1.807) is 11.3 Å². The fourth-order valence-electron chi connectivity index (χ4n) is 2.26. The Labute approximate surface area is 126 Å². The first-order valence-electron chi connectivity index (χ1n) is 6.61. The number of aryl methyl sites for hydroxylation is 1. The molecule has 1 amide bonds. The van der Waals surface area contributed by atoms with E-state index in [0.717, 1.165) is 26.5 Å². The molecule has 3 aromatic rings. The molecule has 0 saturated carbocycles. The van der Waals surface area contributed by atoms with Gasteiger partial charge in [0.15, 0.2) is 0 Å². The Kier molecular flexibility index (Phi) is 3.58. The quantitative estimate of drug-likeness (QED) is 0.776. The second-order valence-electron chi connectivity index (χ2n) is 4.81. The topological polar surface area (TPSA) is 68.0 Å². The largest absolute Gasteiger partial charge is 0.370 e. The number of aromatic nitrogens is 1. The first kappa shape index (κ1) is 13.6. The molecular weight excluding hydrogens is 282 g/mol. The first-order chi connectivity index (χ1) is 10.1. The van der Waals surface area contributed by atoms with Gasteiger partial charge in [0, 0.05) is 5.69 Å². The second-order valence-corrected chi connectivity index (χ2v) is 6.04. The highest BCUT2D eigenvalue weighted by molar-refractivity contribution is 7.18. The zero-order valence-electron chi connectivity index (χ0n) is 11.5. The van der Waals surface area contributed by atoms with E-state index in [4.69, 9.17) is 5.73 Å². The molecule has 0 spiro atoms. The third-order valence-electron chi connectivity index (χ3n) is 3.22. The van der Waals surface area contributed by atoms with Gasteiger partial charge in [-0.1, -0.05) is 30.3 Å². The summed E-state index contributed by atoms with van der Waals surface area (Å²) in [4.78, 5) is 16.1. The summed E-state index contributed by atoms with van der Waals surface area (Å²) in [5.74, 6) is -0.401. The van der Waals surface area contributed by atoms with Crippen molar-refractivity contribution in [3.63, 3.8) is 0 Å². The monoisotopic (exact) mass is 297 g/mol. The first-order valence-corrected chi connectivity index (χ1v) is 7.43. The molecule has 106 valence electrons. The standard InChI is InChI=1S/C16H15N3OS/c1-10-18-13-8-7-12(9-14(13)21-10)19-15(16(17)20)11-5-3-2-4-6-11/h2-9,15,19H,1H3,(H2,17,20)/t15-/m0/s1. The summed E-state index contributed by atoms with van der Waals surface area (Å²) in [6, 6.07) is 14.8. The van der Waals surface area contributed by atoms with Crippen molar-refractivity contribution in [2.75, 3.05) is 5.32 Å². The predicted molar refractivity (Wildman–Crippen MR) is 86.4 cm³/mol. The third-order valence-corrected chi connectivity index (χ3v) is 4.16. The van der Waals surface area contributed by atoms with Gasteiger partial charge in [0.2, 0.25) is 5.91 Å². The zero-order chi connectivity index (χ0) is 14.8. The average molecular weight is 297 g/mol. The number of hydrogen-bond donors (Lipinski definition) is 2. The van der Waals surface area contributed by atoms with Crippen LogP contribution in [0.25, 0.3) is 10.2 Å². The normalized spacial score (nSPS) is 12.2. The number of hydrogen-bond acceptors (Lipinski definition) is 4. The maximum atomic E-state index is 11.7. The van der Waals surface area contributed by atoms with Crippen LogP contribution in [0.5, 0.6) is 0 Å². The molecule has 0 unspecified atom stereocenters. The molecule has 0 radical (unpaired) electrons. The lowest BCUT2D eigenvalue weighted by Gasteiger charge is -2.17. The van der Waals surface area contributed by atoms with E-state index >= 15 is 0 Å². The fraction of sp³-hybridized carbons (Fsp3) is 0.125. The van der Waals surface area contributed by atoms with Crippen molar-refractivity contribution < 1.29 is 4.79 Å². The summed E-state index contributed by atoms with van der Waals surface area (Å²) in [5, 5.41) is 4.23. The van der Waals surface area contributed by atoms with Crippen LogP contribution >= 0.6 is 11.3 Å². The van der Waals surface area contributed by atoms with Crippen LogP contribution in [0.1, 0.15) is 16.6 Å². The molecule has 1 atom stereocenters. The number of carbonyl (C=O) groups excluding carboxylic acids is 1. The Morgan fingerprint density at radius 2 is 2.00 bits per heavy atom. The lowest BCUT2D eigenvalue weighted by molar-refractivity contribution is -0.118. The summed E-state index contributed by atoms with van der Waals surface area (Å²) in [5.41, 5.74) is 8.21. The Bertz CT molecular complexity index is 783. The highest BCUT2D eigenvalue weighted by atomic mass is 32.1. The summed E-state index contributed by atoms with van der Waals surface area (Å²) in [6.07, 6.45) is 0. The highest BCUT2D eigenvalue weighted by Gasteiger charge is 2.17. The molecule has 0 aliphatic heterocycles. The molecule has 0 saturated heterocycles. The van der Waals surface area contributed by atoms with Crippen LogP contribution in [0.15, 0.2) is 48.5 Å². The van der Waals surface area contributed by atoms with E-state index in [9.17, 15) is 4.79 Å². The van der Waals surface area contributed by atoms with Crippen molar-refractivity contribution in [2.45, 2.75) is 13.0 Å². The van der Waals surface area contributed by atoms with Gasteiger partial charge in [-0.2, -0.15) is 0 Å². The van der Waals surface area contributed by atoms with Gasteiger partial charge >= 0.3 is 0 Å². The smallest absolute Gasteiger partial charge is 0.244 e. The summed E-state index contributed by atoms with van der Waals surface area (Å²) >= 11 is 1.63. The van der Waals surface area contributed by atoms with Gasteiger partial charge in [0.1, 0.15) is 6.04 Å². The van der Waals surface area contributed by atoms with Crippen molar-refractivity contribution in [1.29, 1.82) is 0 Å². The number of nitrogens with two attached hydrogens (primary N) is 1. The number of benzene rings is 2. The Morgan fingerprint density at radius 1 is 1.24 bits per heavy atom. The minimum atomic E-state index is -0.544. The van der Waals surface area contributed by atoms with Gasteiger partial charge in [0.25, 0.3) is 0 Å². The number of anilines is 1. The van der Waals surface area contributed by atoms with E-state index < -0.39 is 11.9 Å². The van der Waals surface area contributed by atoms with Gasteiger partial charge in [-0.15, -0.1) is 11.3 Å². The number of fused-ring (bicyclic) bond motifs is 1. The summed E-state index contributed by atoms with van der Waals surface area (Å²) in [6.45, 7) is 1.98. The second kappa shape index (κ2) is 5.54. The Morgan fingerprint density at radius 3 is 2.71 bits per heavy atom. The van der Waals surface area contributed by atoms with Gasteiger partial charge in [-0.3, -0.25) is 4.79 Å². The maximum absolute atomic E-state index is 11.7. The van der Waals surface area contributed by atoms with Crippen LogP contribution in [0.2, 0.25) is 0 Å². The molecular formula is C16H15N3OS. The molecule has 1 heterocycles. The van der Waals surface area contributed by atoms with Crippen LogP contribution in [0, 0.1) is 6.92 Å². The van der Waals surface area contributed by atoms with E-state index in [-0.39, 0.29) is 0 Å². The fourth-order valence-corrected chi connectivity index (χ4v) is 3.13. The SMILES string of the molecule is Cc1nc2ccc(N[C@H](C(N)=O)c3ccccc3)cc2s1. The molecule has 5 heteroatoms. The van der Waals surface area contributed by atoms with Gasteiger partial charge in [-0.05, 0) is 30.7 Å². The molecule has 2 aromatic carbocycles. The third kappa shape index (κ3) is 2.87. The Hall–Kier alpha value is -2.40. The summed E-state index contributed by atoms with van der Waals surface area (Å²) < 4.78 is 1.09. The highest BCUT2D eigenvalue weighted by Crippen LogP contribution is 2.27. The molecule has 0 fully saturated rings. The number of primary amides is 1. The van der Waals surface area contributed by atoms with Crippen LogP contribution in [0.4, 0.5) is 5.69 Å². The lowest BCUT2D eigenvalue weighted by Crippen LogP contribution is -2.27. The van der Waals surface area contributed by atoms with Crippen LogP contribution in [0.3, 0.4) is 0 Å². The molecule has 0 aliphatic rings. The van der Waals surface area contributed by atoms with E-state index in [1.165, 1.54) is 0 Å². The lowest BCUT2D eigenvalue weighted by atomic mass is 10.1. The van der Waals surface area contributed by atoms with Crippen molar-refractivity contribution in [2.24, 2.45) is 5.73 Å². The molecule has 0 bridgehead atoms. The number of carbonyl (C=O) groups is 1. The van der Waals surface area contributed by atoms with Gasteiger partial charge in [-0.25, -0.2) is 4.98 Å². The van der Waals surface area contributed by atoms with Gasteiger partial charge in [0.05, 0.1) is 15.2 Å².